The minimum absolute atomic E-state index is 0.611. The van der Waals surface area contributed by atoms with E-state index in [0.29, 0.717) is 13.1 Å². The Hall–Kier alpha value is -0.870. The van der Waals surface area contributed by atoms with Gasteiger partial charge in [0, 0.05) is 13.1 Å². The highest BCUT2D eigenvalue weighted by Gasteiger charge is 2.18. The zero-order chi connectivity index (χ0) is 9.68. The second-order valence-corrected chi connectivity index (χ2v) is 3.02. The van der Waals surface area contributed by atoms with Crippen LogP contribution in [0.2, 0.25) is 0 Å². The molecule has 0 N–H and O–H groups in total. The van der Waals surface area contributed by atoms with Gasteiger partial charge in [-0.05, 0) is 19.3 Å². The third-order valence-corrected chi connectivity index (χ3v) is 1.95. The van der Waals surface area contributed by atoms with Crippen LogP contribution in [0, 0.1) is 0 Å². The van der Waals surface area contributed by atoms with E-state index in [9.17, 15) is 13.6 Å². The van der Waals surface area contributed by atoms with Gasteiger partial charge in [0.1, 0.15) is 0 Å². The van der Waals surface area contributed by atoms with Gasteiger partial charge in [-0.1, -0.05) is 0 Å². The van der Waals surface area contributed by atoms with E-state index < -0.39 is 19.1 Å². The zero-order valence-corrected chi connectivity index (χ0v) is 7.34. The SMILES string of the molecule is O=C(OCC(F)F)N1CCCCC1. The molecule has 0 spiro atoms. The summed E-state index contributed by atoms with van der Waals surface area (Å²) < 4.78 is 27.7. The largest absolute Gasteiger partial charge is 0.443 e. The summed E-state index contributed by atoms with van der Waals surface area (Å²) in [4.78, 5) is 12.6. The van der Waals surface area contributed by atoms with E-state index in [1.165, 1.54) is 4.90 Å². The summed E-state index contributed by atoms with van der Waals surface area (Å²) in [6.07, 6.45) is -0.222. The van der Waals surface area contributed by atoms with Gasteiger partial charge in [-0.3, -0.25) is 0 Å². The Morgan fingerprint density at radius 3 is 2.46 bits per heavy atom. The second kappa shape index (κ2) is 4.99. The number of ether oxygens (including phenoxy) is 1. The number of carbonyl (C=O) groups is 1. The standard InChI is InChI=1S/C8H13F2NO2/c9-7(10)6-13-8(12)11-4-2-1-3-5-11/h7H,1-6H2. The molecule has 0 aliphatic carbocycles. The Bertz CT molecular complexity index is 170. The first-order chi connectivity index (χ1) is 6.20. The molecular formula is C8H13F2NO2. The van der Waals surface area contributed by atoms with E-state index >= 15 is 0 Å². The quantitative estimate of drug-likeness (QED) is 0.670. The molecule has 13 heavy (non-hydrogen) atoms. The number of hydrogen-bond donors (Lipinski definition) is 0. The summed E-state index contributed by atoms with van der Waals surface area (Å²) in [6, 6.07) is 0. The van der Waals surface area contributed by atoms with Gasteiger partial charge in [0.15, 0.2) is 6.61 Å². The highest BCUT2D eigenvalue weighted by molar-refractivity contribution is 5.67. The number of halogens is 2. The van der Waals surface area contributed by atoms with Crippen molar-refractivity contribution in [3.05, 3.63) is 0 Å². The lowest BCUT2D eigenvalue weighted by atomic mass is 10.1. The lowest BCUT2D eigenvalue weighted by Gasteiger charge is -2.25. The summed E-state index contributed by atoms with van der Waals surface area (Å²) >= 11 is 0. The van der Waals surface area contributed by atoms with Crippen LogP contribution in [0.4, 0.5) is 13.6 Å². The van der Waals surface area contributed by atoms with Crippen LogP contribution < -0.4 is 0 Å². The third-order valence-electron chi connectivity index (χ3n) is 1.95. The van der Waals surface area contributed by atoms with Gasteiger partial charge >= 0.3 is 6.09 Å². The van der Waals surface area contributed by atoms with E-state index in [4.69, 9.17) is 0 Å². The maximum absolute atomic E-state index is 11.7. The van der Waals surface area contributed by atoms with Gasteiger partial charge in [-0.2, -0.15) is 0 Å². The highest BCUT2D eigenvalue weighted by Crippen LogP contribution is 2.10. The van der Waals surface area contributed by atoms with Gasteiger partial charge in [0.25, 0.3) is 6.43 Å². The Morgan fingerprint density at radius 2 is 1.92 bits per heavy atom. The van der Waals surface area contributed by atoms with Crippen LogP contribution in [0.3, 0.4) is 0 Å². The predicted molar refractivity (Wildman–Crippen MR) is 42.8 cm³/mol. The number of alkyl halides is 2. The first-order valence-corrected chi connectivity index (χ1v) is 4.40. The summed E-state index contributed by atoms with van der Waals surface area (Å²) in [5.41, 5.74) is 0. The minimum atomic E-state index is -2.58. The molecule has 0 bridgehead atoms. The van der Waals surface area contributed by atoms with Gasteiger partial charge < -0.3 is 9.64 Å². The number of rotatable bonds is 2. The topological polar surface area (TPSA) is 29.5 Å². The number of hydrogen-bond acceptors (Lipinski definition) is 2. The van der Waals surface area contributed by atoms with Crippen molar-refractivity contribution in [2.75, 3.05) is 19.7 Å². The van der Waals surface area contributed by atoms with Crippen LogP contribution in [0.15, 0.2) is 0 Å². The van der Waals surface area contributed by atoms with Crippen LogP contribution in [-0.4, -0.2) is 37.1 Å². The van der Waals surface area contributed by atoms with Crippen LogP contribution in [0.25, 0.3) is 0 Å². The Balaban J connectivity index is 2.21. The second-order valence-electron chi connectivity index (χ2n) is 3.02. The average molecular weight is 193 g/mol. The molecule has 0 aromatic carbocycles. The zero-order valence-electron chi connectivity index (χ0n) is 7.34. The molecule has 1 saturated heterocycles. The number of carbonyl (C=O) groups excluding carboxylic acids is 1. The fourth-order valence-corrected chi connectivity index (χ4v) is 1.30. The lowest BCUT2D eigenvalue weighted by molar-refractivity contribution is 0.0293. The molecular weight excluding hydrogens is 180 g/mol. The van der Waals surface area contributed by atoms with Crippen molar-refractivity contribution >= 4 is 6.09 Å². The number of piperidine rings is 1. The molecule has 0 radical (unpaired) electrons. The summed E-state index contributed by atoms with van der Waals surface area (Å²) in [7, 11) is 0. The van der Waals surface area contributed by atoms with Crippen molar-refractivity contribution in [2.45, 2.75) is 25.7 Å². The van der Waals surface area contributed by atoms with E-state index in [1.54, 1.807) is 0 Å². The molecule has 1 aliphatic rings. The Morgan fingerprint density at radius 1 is 1.31 bits per heavy atom. The van der Waals surface area contributed by atoms with E-state index in [-0.39, 0.29) is 0 Å². The lowest BCUT2D eigenvalue weighted by Crippen LogP contribution is -2.36. The molecule has 1 heterocycles. The van der Waals surface area contributed by atoms with Crippen LogP contribution in [-0.2, 0) is 4.74 Å². The maximum atomic E-state index is 11.7. The fourth-order valence-electron chi connectivity index (χ4n) is 1.30. The molecule has 5 heteroatoms. The van der Waals surface area contributed by atoms with Gasteiger partial charge in [0.05, 0.1) is 0 Å². The molecule has 1 rings (SSSR count). The molecule has 0 saturated carbocycles. The first-order valence-electron chi connectivity index (χ1n) is 4.40. The van der Waals surface area contributed by atoms with Gasteiger partial charge in [-0.15, -0.1) is 0 Å². The number of likely N-dealkylation sites (tertiary alicyclic amines) is 1. The predicted octanol–water partition coefficient (Wildman–Crippen LogP) is 1.87. The molecule has 0 atom stereocenters. The Kier molecular flexibility index (Phi) is 3.92. The minimum Gasteiger partial charge on any atom is -0.443 e. The number of amides is 1. The maximum Gasteiger partial charge on any atom is 0.409 e. The summed E-state index contributed by atoms with van der Waals surface area (Å²) in [6.45, 7) is 0.458. The molecule has 76 valence electrons. The molecule has 1 fully saturated rings. The monoisotopic (exact) mass is 193 g/mol. The highest BCUT2D eigenvalue weighted by atomic mass is 19.3. The van der Waals surface area contributed by atoms with Crippen molar-refractivity contribution in [3.8, 4) is 0 Å². The van der Waals surface area contributed by atoms with E-state index in [0.717, 1.165) is 19.3 Å². The van der Waals surface area contributed by atoms with Crippen molar-refractivity contribution in [3.63, 3.8) is 0 Å². The molecule has 1 amide bonds. The van der Waals surface area contributed by atoms with Crippen molar-refractivity contribution in [2.24, 2.45) is 0 Å². The van der Waals surface area contributed by atoms with E-state index in [2.05, 4.69) is 4.74 Å². The molecule has 3 nitrogen and oxygen atoms in total. The Labute approximate surface area is 75.7 Å². The summed E-state index contributed by atoms with van der Waals surface area (Å²) in [5, 5.41) is 0. The average Bonchev–Trinajstić information content (AvgIpc) is 2.15. The van der Waals surface area contributed by atoms with Crippen LogP contribution in [0.1, 0.15) is 19.3 Å². The summed E-state index contributed by atoms with van der Waals surface area (Å²) in [5.74, 6) is 0. The molecule has 0 aromatic rings. The normalized spacial score (nSPS) is 17.6. The number of nitrogens with zero attached hydrogens (tertiary/aromatic N) is 1. The van der Waals surface area contributed by atoms with Gasteiger partial charge in [-0.25, -0.2) is 13.6 Å². The first kappa shape index (κ1) is 10.2. The third kappa shape index (κ3) is 3.57. The molecule has 0 aromatic heterocycles. The smallest absolute Gasteiger partial charge is 0.409 e. The van der Waals surface area contributed by atoms with Gasteiger partial charge in [0.2, 0.25) is 0 Å². The van der Waals surface area contributed by atoms with Crippen molar-refractivity contribution in [1.29, 1.82) is 0 Å². The molecule has 1 aliphatic heterocycles. The van der Waals surface area contributed by atoms with E-state index in [1.807, 2.05) is 0 Å². The molecule has 0 unspecified atom stereocenters. The van der Waals surface area contributed by atoms with Crippen molar-refractivity contribution in [1.82, 2.24) is 4.90 Å². The van der Waals surface area contributed by atoms with Crippen LogP contribution >= 0.6 is 0 Å². The van der Waals surface area contributed by atoms with Crippen LogP contribution in [0.5, 0.6) is 0 Å². The van der Waals surface area contributed by atoms with Crippen molar-refractivity contribution < 1.29 is 18.3 Å². The fraction of sp³-hybridized carbons (Fsp3) is 0.875.